The average Bonchev–Trinajstić information content (AvgIpc) is 2.33. The number of para-hydroxylation sites is 1. The van der Waals surface area contributed by atoms with Gasteiger partial charge in [-0.05, 0) is 25.0 Å². The van der Waals surface area contributed by atoms with Gasteiger partial charge in [0.25, 0.3) is 0 Å². The van der Waals surface area contributed by atoms with Crippen LogP contribution in [0, 0.1) is 0 Å². The first-order valence-electron chi connectivity index (χ1n) is 5.66. The number of hydrogen-bond acceptors (Lipinski definition) is 2. The van der Waals surface area contributed by atoms with Crippen LogP contribution in [-0.4, -0.2) is 35.2 Å². The van der Waals surface area contributed by atoms with Gasteiger partial charge in [0.15, 0.2) is 0 Å². The van der Waals surface area contributed by atoms with Crippen LogP contribution in [0.4, 0.5) is 10.5 Å². The smallest absolute Gasteiger partial charge is 0.407 e. The van der Waals surface area contributed by atoms with Crippen LogP contribution >= 0.6 is 11.6 Å². The van der Waals surface area contributed by atoms with E-state index in [2.05, 4.69) is 5.32 Å². The molecular weight excluding hydrogens is 240 g/mol. The minimum atomic E-state index is -0.832. The van der Waals surface area contributed by atoms with Crippen LogP contribution in [0.15, 0.2) is 24.3 Å². The summed E-state index contributed by atoms with van der Waals surface area (Å²) in [5, 5.41) is 12.9. The van der Waals surface area contributed by atoms with Crippen molar-refractivity contribution in [2.75, 3.05) is 18.4 Å². The fourth-order valence-corrected chi connectivity index (χ4v) is 2.20. The van der Waals surface area contributed by atoms with Gasteiger partial charge < -0.3 is 15.3 Å². The molecule has 0 aromatic heterocycles. The Kier molecular flexibility index (Phi) is 3.74. The quantitative estimate of drug-likeness (QED) is 0.853. The van der Waals surface area contributed by atoms with Crippen molar-refractivity contribution in [3.05, 3.63) is 29.3 Å². The number of likely N-dealkylation sites (tertiary alicyclic amines) is 1. The van der Waals surface area contributed by atoms with Crippen molar-refractivity contribution >= 4 is 23.4 Å². The lowest BCUT2D eigenvalue weighted by Crippen LogP contribution is -2.41. The van der Waals surface area contributed by atoms with E-state index in [1.54, 1.807) is 0 Å². The molecule has 1 amide bonds. The SMILES string of the molecule is O=C(O)N1CCC(Nc2ccccc2Cl)CC1. The van der Waals surface area contributed by atoms with Crippen molar-refractivity contribution in [1.82, 2.24) is 4.90 Å². The number of benzene rings is 1. The Morgan fingerprint density at radius 1 is 1.35 bits per heavy atom. The number of nitrogens with zero attached hydrogens (tertiary/aromatic N) is 1. The zero-order valence-electron chi connectivity index (χ0n) is 9.40. The summed E-state index contributed by atoms with van der Waals surface area (Å²) in [5.74, 6) is 0. The zero-order chi connectivity index (χ0) is 12.3. The molecule has 1 fully saturated rings. The molecule has 4 nitrogen and oxygen atoms in total. The van der Waals surface area contributed by atoms with Gasteiger partial charge in [-0.2, -0.15) is 0 Å². The van der Waals surface area contributed by atoms with E-state index in [1.807, 2.05) is 24.3 Å². The predicted octanol–water partition coefficient (Wildman–Crippen LogP) is 2.89. The van der Waals surface area contributed by atoms with E-state index in [4.69, 9.17) is 16.7 Å². The minimum Gasteiger partial charge on any atom is -0.465 e. The summed E-state index contributed by atoms with van der Waals surface area (Å²) in [6.45, 7) is 1.16. The maximum absolute atomic E-state index is 10.8. The molecule has 0 aliphatic carbocycles. The summed E-state index contributed by atoms with van der Waals surface area (Å²) in [6.07, 6.45) is 0.802. The van der Waals surface area contributed by atoms with E-state index < -0.39 is 6.09 Å². The van der Waals surface area contributed by atoms with Crippen LogP contribution in [0.5, 0.6) is 0 Å². The van der Waals surface area contributed by atoms with Crippen LogP contribution in [0.3, 0.4) is 0 Å². The molecule has 1 heterocycles. The van der Waals surface area contributed by atoms with Gasteiger partial charge in [-0.15, -0.1) is 0 Å². The van der Waals surface area contributed by atoms with Gasteiger partial charge in [-0.25, -0.2) is 4.79 Å². The highest BCUT2D eigenvalue weighted by Gasteiger charge is 2.22. The van der Waals surface area contributed by atoms with E-state index in [9.17, 15) is 4.79 Å². The lowest BCUT2D eigenvalue weighted by Gasteiger charge is -2.31. The van der Waals surface area contributed by atoms with Crippen molar-refractivity contribution in [1.29, 1.82) is 0 Å². The Morgan fingerprint density at radius 3 is 2.59 bits per heavy atom. The Balaban J connectivity index is 1.90. The Bertz CT molecular complexity index is 403. The fourth-order valence-electron chi connectivity index (χ4n) is 2.01. The maximum Gasteiger partial charge on any atom is 0.407 e. The molecule has 0 bridgehead atoms. The highest BCUT2D eigenvalue weighted by atomic mass is 35.5. The monoisotopic (exact) mass is 254 g/mol. The summed E-state index contributed by atoms with van der Waals surface area (Å²) in [4.78, 5) is 12.2. The number of carbonyl (C=O) groups is 1. The van der Waals surface area contributed by atoms with Crippen LogP contribution in [0.1, 0.15) is 12.8 Å². The Labute approximate surface area is 105 Å². The number of amides is 1. The largest absolute Gasteiger partial charge is 0.465 e. The van der Waals surface area contributed by atoms with E-state index in [0.717, 1.165) is 18.5 Å². The highest BCUT2D eigenvalue weighted by molar-refractivity contribution is 6.33. The summed E-state index contributed by atoms with van der Waals surface area (Å²) in [6, 6.07) is 7.90. The summed E-state index contributed by atoms with van der Waals surface area (Å²) < 4.78 is 0. The molecule has 1 aliphatic rings. The molecule has 0 unspecified atom stereocenters. The Morgan fingerprint density at radius 2 is 2.00 bits per heavy atom. The molecule has 2 N–H and O–H groups in total. The summed E-state index contributed by atoms with van der Waals surface area (Å²) in [5.41, 5.74) is 0.919. The minimum absolute atomic E-state index is 0.297. The fraction of sp³-hybridized carbons (Fsp3) is 0.417. The molecule has 1 aromatic rings. The normalized spacial score (nSPS) is 16.9. The predicted molar refractivity (Wildman–Crippen MR) is 67.7 cm³/mol. The number of carboxylic acid groups (broad SMARTS) is 1. The molecule has 92 valence electrons. The number of anilines is 1. The lowest BCUT2D eigenvalue weighted by atomic mass is 10.1. The molecule has 1 aromatic carbocycles. The second-order valence-corrected chi connectivity index (χ2v) is 4.58. The van der Waals surface area contributed by atoms with Gasteiger partial charge in [0.05, 0.1) is 10.7 Å². The lowest BCUT2D eigenvalue weighted by molar-refractivity contribution is 0.134. The van der Waals surface area contributed by atoms with Gasteiger partial charge in [0, 0.05) is 19.1 Å². The number of piperidine rings is 1. The van der Waals surface area contributed by atoms with Gasteiger partial charge in [0.1, 0.15) is 0 Å². The van der Waals surface area contributed by atoms with Crippen LogP contribution < -0.4 is 5.32 Å². The number of hydrogen-bond donors (Lipinski definition) is 2. The third kappa shape index (κ3) is 3.03. The van der Waals surface area contributed by atoms with Crippen molar-refractivity contribution < 1.29 is 9.90 Å². The van der Waals surface area contributed by atoms with E-state index in [0.29, 0.717) is 24.2 Å². The summed E-state index contributed by atoms with van der Waals surface area (Å²) >= 11 is 6.06. The van der Waals surface area contributed by atoms with E-state index in [-0.39, 0.29) is 0 Å². The van der Waals surface area contributed by atoms with Crippen molar-refractivity contribution in [3.63, 3.8) is 0 Å². The molecule has 0 spiro atoms. The first-order chi connectivity index (χ1) is 8.16. The molecule has 1 saturated heterocycles. The van der Waals surface area contributed by atoms with Crippen molar-refractivity contribution in [2.45, 2.75) is 18.9 Å². The number of halogens is 1. The van der Waals surface area contributed by atoms with Crippen LogP contribution in [-0.2, 0) is 0 Å². The van der Waals surface area contributed by atoms with Gasteiger partial charge in [-0.1, -0.05) is 23.7 Å². The van der Waals surface area contributed by atoms with Crippen molar-refractivity contribution in [2.24, 2.45) is 0 Å². The molecular formula is C12H15ClN2O2. The van der Waals surface area contributed by atoms with Gasteiger partial charge in [0.2, 0.25) is 0 Å². The van der Waals surface area contributed by atoms with Gasteiger partial charge in [-0.3, -0.25) is 0 Å². The number of nitrogens with one attached hydrogen (secondary N) is 1. The standard InChI is InChI=1S/C12H15ClN2O2/c13-10-3-1-2-4-11(10)14-9-5-7-15(8-6-9)12(16)17/h1-4,9,14H,5-8H2,(H,16,17). The maximum atomic E-state index is 10.8. The molecule has 1 aliphatic heterocycles. The second-order valence-electron chi connectivity index (χ2n) is 4.17. The van der Waals surface area contributed by atoms with Crippen LogP contribution in [0.25, 0.3) is 0 Å². The third-order valence-corrected chi connectivity index (χ3v) is 3.33. The highest BCUT2D eigenvalue weighted by Crippen LogP contribution is 2.23. The molecule has 2 rings (SSSR count). The van der Waals surface area contributed by atoms with Gasteiger partial charge >= 0.3 is 6.09 Å². The van der Waals surface area contributed by atoms with E-state index >= 15 is 0 Å². The first kappa shape index (κ1) is 12.0. The van der Waals surface area contributed by atoms with Crippen LogP contribution in [0.2, 0.25) is 5.02 Å². The third-order valence-electron chi connectivity index (χ3n) is 3.00. The molecule has 17 heavy (non-hydrogen) atoms. The first-order valence-corrected chi connectivity index (χ1v) is 6.03. The molecule has 5 heteroatoms. The molecule has 0 saturated carbocycles. The molecule has 0 atom stereocenters. The van der Waals surface area contributed by atoms with E-state index in [1.165, 1.54) is 4.90 Å². The number of rotatable bonds is 2. The summed E-state index contributed by atoms with van der Waals surface area (Å²) in [7, 11) is 0. The zero-order valence-corrected chi connectivity index (χ0v) is 10.2. The Hall–Kier alpha value is -1.42. The topological polar surface area (TPSA) is 52.6 Å². The van der Waals surface area contributed by atoms with Crippen molar-refractivity contribution in [3.8, 4) is 0 Å². The average molecular weight is 255 g/mol. The molecule has 0 radical (unpaired) electrons. The second kappa shape index (κ2) is 5.27.